The molecule has 0 saturated carbocycles. The van der Waals surface area contributed by atoms with Gasteiger partial charge in [0, 0.05) is 23.0 Å². The molecular weight excluding hydrogens is 477 g/mol. The van der Waals surface area contributed by atoms with Crippen molar-refractivity contribution < 1.29 is 9.47 Å². The Morgan fingerprint density at radius 3 is 1.59 bits per heavy atom. The van der Waals surface area contributed by atoms with Crippen molar-refractivity contribution in [3.8, 4) is 23.0 Å². The second-order valence-electron chi connectivity index (χ2n) is 11.6. The third kappa shape index (κ3) is 3.12. The van der Waals surface area contributed by atoms with Crippen LogP contribution in [0.1, 0.15) is 36.1 Å². The van der Waals surface area contributed by atoms with Crippen LogP contribution in [0.15, 0.2) is 97.1 Å². The summed E-state index contributed by atoms with van der Waals surface area (Å²) in [6.45, 7) is 8.93. The largest absolute Gasteiger partial charge is 0.458 e. The van der Waals surface area contributed by atoms with Crippen molar-refractivity contribution >= 4 is 40.2 Å². The van der Waals surface area contributed by atoms with E-state index in [2.05, 4.69) is 130 Å². The third-order valence-corrected chi connectivity index (χ3v) is 8.67. The van der Waals surface area contributed by atoms with Crippen molar-refractivity contribution in [3.05, 3.63) is 119 Å². The lowest BCUT2D eigenvalue weighted by Gasteiger charge is -2.42. The third-order valence-electron chi connectivity index (χ3n) is 8.67. The maximum atomic E-state index is 6.69. The fourth-order valence-corrected chi connectivity index (χ4v) is 6.77. The molecule has 8 rings (SSSR count). The molecule has 0 N–H and O–H groups in total. The topological polar surface area (TPSA) is 21.7 Å². The van der Waals surface area contributed by atoms with Gasteiger partial charge in [0.05, 0.1) is 17.1 Å². The first-order valence-electron chi connectivity index (χ1n) is 13.6. The molecule has 3 aliphatic heterocycles. The molecule has 0 bridgehead atoms. The van der Waals surface area contributed by atoms with Crippen molar-refractivity contribution in [1.29, 1.82) is 0 Å². The Hall–Kier alpha value is -4.44. The lowest BCUT2D eigenvalue weighted by atomic mass is 9.35. The number of fused-ring (bicyclic) bond motifs is 6. The lowest BCUT2D eigenvalue weighted by Crippen LogP contribution is -2.57. The molecule has 0 saturated heterocycles. The first kappa shape index (κ1) is 22.5. The zero-order valence-electron chi connectivity index (χ0n) is 22.6. The van der Waals surface area contributed by atoms with Gasteiger partial charge in [-0.3, -0.25) is 0 Å². The molecule has 0 aliphatic carbocycles. The molecule has 0 amide bonds. The molecule has 0 fully saturated rings. The molecule has 39 heavy (non-hydrogen) atoms. The van der Waals surface area contributed by atoms with Gasteiger partial charge in [-0.2, -0.15) is 0 Å². The fourth-order valence-electron chi connectivity index (χ4n) is 6.77. The maximum absolute atomic E-state index is 6.69. The van der Waals surface area contributed by atoms with Gasteiger partial charge in [0.2, 0.25) is 0 Å². The van der Waals surface area contributed by atoms with Gasteiger partial charge in [-0.1, -0.05) is 74.5 Å². The Bertz CT molecular complexity index is 1710. The average molecular weight is 505 g/mol. The predicted octanol–water partition coefficient (Wildman–Crippen LogP) is 7.14. The molecule has 0 radical (unpaired) electrons. The zero-order valence-corrected chi connectivity index (χ0v) is 22.6. The van der Waals surface area contributed by atoms with Crippen molar-refractivity contribution in [1.82, 2.24) is 0 Å². The van der Waals surface area contributed by atoms with Crippen LogP contribution in [-0.2, 0) is 5.41 Å². The molecule has 0 aromatic heterocycles. The number of ether oxygens (including phenoxy) is 2. The van der Waals surface area contributed by atoms with Gasteiger partial charge in [-0.25, -0.2) is 0 Å². The fraction of sp³-hybridized carbons (Fsp3) is 0.143. The average Bonchev–Trinajstić information content (AvgIpc) is 2.92. The Kier molecular flexibility index (Phi) is 4.51. The van der Waals surface area contributed by atoms with Crippen LogP contribution >= 0.6 is 0 Å². The number of rotatable bonds is 1. The number of anilines is 3. The minimum Gasteiger partial charge on any atom is -0.458 e. The summed E-state index contributed by atoms with van der Waals surface area (Å²) in [5.74, 6) is 3.56. The van der Waals surface area contributed by atoms with Crippen LogP contribution in [0, 0.1) is 13.8 Å². The highest BCUT2D eigenvalue weighted by molar-refractivity contribution is 6.98. The van der Waals surface area contributed by atoms with Crippen LogP contribution < -0.4 is 30.8 Å². The van der Waals surface area contributed by atoms with Crippen LogP contribution in [0.4, 0.5) is 17.1 Å². The first-order chi connectivity index (χ1) is 18.9. The molecule has 3 nitrogen and oxygen atoms in total. The standard InChI is InChI=1S/C35H28BNO2/c1-21-13-15-26-30(17-21)38-32-19-23(20-33-34(32)36(26)27-16-14-22(2)18-31(27)39-33)37-28-11-7-5-9-24(28)35(3,4)25-10-6-8-12-29(25)37/h5-20H,1-4H3. The van der Waals surface area contributed by atoms with E-state index >= 15 is 0 Å². The van der Waals surface area contributed by atoms with Crippen LogP contribution in [-0.4, -0.2) is 6.71 Å². The minimum atomic E-state index is -0.114. The number of aryl methyl sites for hydroxylation is 2. The van der Waals surface area contributed by atoms with Crippen LogP contribution in [0.25, 0.3) is 0 Å². The van der Waals surface area contributed by atoms with Gasteiger partial charge in [-0.05, 0) is 71.3 Å². The Morgan fingerprint density at radius 1 is 0.590 bits per heavy atom. The molecule has 0 atom stereocenters. The number of nitrogens with zero attached hydrogens (tertiary/aromatic N) is 1. The number of hydrogen-bond acceptors (Lipinski definition) is 3. The second-order valence-corrected chi connectivity index (χ2v) is 11.6. The number of benzene rings is 5. The van der Waals surface area contributed by atoms with Gasteiger partial charge in [-0.15, -0.1) is 0 Å². The van der Waals surface area contributed by atoms with Gasteiger partial charge in [0.25, 0.3) is 6.71 Å². The summed E-state index contributed by atoms with van der Waals surface area (Å²) in [5, 5.41) is 0. The Labute approximate surface area is 229 Å². The summed E-state index contributed by atoms with van der Waals surface area (Å²) < 4.78 is 13.4. The van der Waals surface area contributed by atoms with Crippen molar-refractivity contribution in [2.75, 3.05) is 4.90 Å². The van der Waals surface area contributed by atoms with E-state index in [1.165, 1.54) is 44.6 Å². The summed E-state index contributed by atoms with van der Waals surface area (Å²) in [5.41, 5.74) is 11.7. The SMILES string of the molecule is Cc1ccc2c(c1)Oc1cc(N3c4ccccc4C(C)(C)c4ccccc43)cc3c1B2c1ccc(C)cc1O3. The van der Waals surface area contributed by atoms with E-state index in [9.17, 15) is 0 Å². The second kappa shape index (κ2) is 7.80. The molecule has 5 aromatic rings. The summed E-state index contributed by atoms with van der Waals surface area (Å²) in [4.78, 5) is 2.37. The molecule has 4 heteroatoms. The minimum absolute atomic E-state index is 0.0672. The molecular formula is C35H28BNO2. The molecule has 188 valence electrons. The van der Waals surface area contributed by atoms with Gasteiger partial charge in [0.1, 0.15) is 23.0 Å². The molecule has 3 heterocycles. The quantitative estimate of drug-likeness (QED) is 0.222. The van der Waals surface area contributed by atoms with E-state index in [-0.39, 0.29) is 12.1 Å². The van der Waals surface area contributed by atoms with Gasteiger partial charge < -0.3 is 14.4 Å². The summed E-state index contributed by atoms with van der Waals surface area (Å²) >= 11 is 0. The predicted molar refractivity (Wildman–Crippen MR) is 160 cm³/mol. The molecule has 3 aliphatic rings. The number of hydrogen-bond donors (Lipinski definition) is 0. The van der Waals surface area contributed by atoms with E-state index in [4.69, 9.17) is 9.47 Å². The Morgan fingerprint density at radius 2 is 1.08 bits per heavy atom. The lowest BCUT2D eigenvalue weighted by molar-refractivity contribution is 0.464. The van der Waals surface area contributed by atoms with E-state index in [1.807, 2.05) is 0 Å². The van der Waals surface area contributed by atoms with Gasteiger partial charge in [0.15, 0.2) is 0 Å². The Balaban J connectivity index is 1.39. The van der Waals surface area contributed by atoms with E-state index in [0.29, 0.717) is 0 Å². The van der Waals surface area contributed by atoms with E-state index < -0.39 is 0 Å². The highest BCUT2D eigenvalue weighted by atomic mass is 16.5. The van der Waals surface area contributed by atoms with E-state index in [1.54, 1.807) is 0 Å². The van der Waals surface area contributed by atoms with Crippen molar-refractivity contribution in [2.45, 2.75) is 33.1 Å². The van der Waals surface area contributed by atoms with Crippen LogP contribution in [0.2, 0.25) is 0 Å². The van der Waals surface area contributed by atoms with Crippen molar-refractivity contribution in [3.63, 3.8) is 0 Å². The van der Waals surface area contributed by atoms with Gasteiger partial charge >= 0.3 is 0 Å². The first-order valence-corrected chi connectivity index (χ1v) is 13.6. The highest BCUT2D eigenvalue weighted by Crippen LogP contribution is 2.52. The maximum Gasteiger partial charge on any atom is 0.260 e. The van der Waals surface area contributed by atoms with Crippen LogP contribution in [0.5, 0.6) is 23.0 Å². The normalized spacial score (nSPS) is 15.2. The zero-order chi connectivity index (χ0) is 26.5. The summed E-state index contributed by atoms with van der Waals surface area (Å²) in [7, 11) is 0. The van der Waals surface area contributed by atoms with E-state index in [0.717, 1.165) is 34.1 Å². The van der Waals surface area contributed by atoms with Crippen LogP contribution in [0.3, 0.4) is 0 Å². The summed E-state index contributed by atoms with van der Waals surface area (Å²) in [6, 6.07) is 35.0. The highest BCUT2D eigenvalue weighted by Gasteiger charge is 2.42. The molecule has 0 spiro atoms. The summed E-state index contributed by atoms with van der Waals surface area (Å²) in [6.07, 6.45) is 0. The number of para-hydroxylation sites is 2. The molecule has 5 aromatic carbocycles. The smallest absolute Gasteiger partial charge is 0.260 e. The monoisotopic (exact) mass is 505 g/mol. The molecule has 0 unspecified atom stereocenters. The van der Waals surface area contributed by atoms with Crippen molar-refractivity contribution in [2.24, 2.45) is 0 Å².